The van der Waals surface area contributed by atoms with Crippen LogP contribution in [0.3, 0.4) is 0 Å². The first-order chi connectivity index (χ1) is 12.9. The molecule has 0 radical (unpaired) electrons. The minimum Gasteiger partial charge on any atom is -0.289 e. The van der Waals surface area contributed by atoms with E-state index in [0.29, 0.717) is 4.96 Å². The van der Waals surface area contributed by atoms with Gasteiger partial charge in [-0.25, -0.2) is 8.91 Å². The Hall–Kier alpha value is -2.77. The number of hydrogen-bond donors (Lipinski definition) is 1. The number of fused-ring (bicyclic) bond motifs is 1. The summed E-state index contributed by atoms with van der Waals surface area (Å²) in [6.45, 7) is 4.07. The molecule has 4 rings (SSSR count). The molecule has 0 saturated heterocycles. The number of nitrogens with one attached hydrogen (secondary N) is 1. The van der Waals surface area contributed by atoms with E-state index in [1.165, 1.54) is 35.1 Å². The average molecular weight is 401 g/mol. The molecule has 1 amide bonds. The van der Waals surface area contributed by atoms with Crippen LogP contribution < -0.4 is 5.32 Å². The topological polar surface area (TPSA) is 59.3 Å². The molecule has 0 saturated carbocycles. The highest BCUT2D eigenvalue weighted by Gasteiger charge is 2.19. The molecule has 5 nitrogen and oxygen atoms in total. The molecule has 2 heterocycles. The van der Waals surface area contributed by atoms with E-state index < -0.39 is 11.7 Å². The van der Waals surface area contributed by atoms with Crippen molar-refractivity contribution in [2.24, 2.45) is 0 Å². The van der Waals surface area contributed by atoms with Crippen molar-refractivity contribution < 1.29 is 9.18 Å². The van der Waals surface area contributed by atoms with Crippen molar-refractivity contribution in [2.75, 3.05) is 5.32 Å². The molecule has 2 aromatic heterocycles. The van der Waals surface area contributed by atoms with Crippen molar-refractivity contribution in [3.05, 3.63) is 69.3 Å². The molecular weight excluding hydrogens is 387 g/mol. The largest absolute Gasteiger partial charge is 0.289 e. The van der Waals surface area contributed by atoms with E-state index in [4.69, 9.17) is 11.6 Å². The van der Waals surface area contributed by atoms with Gasteiger partial charge in [-0.1, -0.05) is 41.4 Å². The summed E-state index contributed by atoms with van der Waals surface area (Å²) in [5.74, 6) is -1.29. The molecule has 0 aliphatic carbocycles. The fourth-order valence-corrected chi connectivity index (χ4v) is 3.97. The van der Waals surface area contributed by atoms with Crippen molar-refractivity contribution in [3.8, 4) is 11.3 Å². The number of anilines is 1. The van der Waals surface area contributed by atoms with Crippen LogP contribution in [0.15, 0.2) is 41.8 Å². The Morgan fingerprint density at radius 1 is 1.26 bits per heavy atom. The van der Waals surface area contributed by atoms with Crippen molar-refractivity contribution in [2.45, 2.75) is 13.8 Å². The third-order valence-corrected chi connectivity index (χ3v) is 5.29. The molecule has 0 spiro atoms. The van der Waals surface area contributed by atoms with Crippen molar-refractivity contribution in [1.29, 1.82) is 0 Å². The van der Waals surface area contributed by atoms with Crippen LogP contribution in [0.25, 0.3) is 16.2 Å². The second kappa shape index (κ2) is 6.75. The van der Waals surface area contributed by atoms with Gasteiger partial charge in [0.05, 0.1) is 16.3 Å². The van der Waals surface area contributed by atoms with Gasteiger partial charge in [0.25, 0.3) is 11.9 Å². The predicted octanol–water partition coefficient (Wildman–Crippen LogP) is 5.12. The first-order valence-corrected chi connectivity index (χ1v) is 9.37. The Kier molecular flexibility index (Phi) is 4.41. The molecule has 0 bridgehead atoms. The zero-order valence-corrected chi connectivity index (χ0v) is 16.0. The molecular formula is C19H14ClFN4OS. The normalized spacial score (nSPS) is 11.1. The van der Waals surface area contributed by atoms with Gasteiger partial charge in [-0.2, -0.15) is 4.98 Å². The number of carbonyl (C=O) groups is 1. The van der Waals surface area contributed by atoms with Crippen LogP contribution >= 0.6 is 22.9 Å². The first kappa shape index (κ1) is 17.6. The van der Waals surface area contributed by atoms with Crippen molar-refractivity contribution in [3.63, 3.8) is 0 Å². The molecule has 4 aromatic rings. The number of nitrogens with zero attached hydrogens (tertiary/aromatic N) is 3. The summed E-state index contributed by atoms with van der Waals surface area (Å²) in [4.78, 5) is 17.3. The fourth-order valence-electron chi connectivity index (χ4n) is 2.90. The van der Waals surface area contributed by atoms with Gasteiger partial charge in [0.1, 0.15) is 5.82 Å². The van der Waals surface area contributed by atoms with Gasteiger partial charge >= 0.3 is 0 Å². The third-order valence-electron chi connectivity index (χ3n) is 4.15. The lowest BCUT2D eigenvalue weighted by atomic mass is 10.0. The number of thiazole rings is 1. The van der Waals surface area contributed by atoms with Gasteiger partial charge in [0.15, 0.2) is 0 Å². The maximum absolute atomic E-state index is 13.9. The molecule has 8 heteroatoms. The number of rotatable bonds is 3. The Balaban J connectivity index is 1.69. The summed E-state index contributed by atoms with van der Waals surface area (Å²) in [6.07, 6.45) is 0. The lowest BCUT2D eigenvalue weighted by Gasteiger charge is -2.05. The Bertz CT molecular complexity index is 1160. The van der Waals surface area contributed by atoms with Crippen LogP contribution in [0.2, 0.25) is 5.02 Å². The van der Waals surface area contributed by atoms with Gasteiger partial charge in [0, 0.05) is 10.9 Å². The van der Waals surface area contributed by atoms with Crippen LogP contribution in [0, 0.1) is 19.7 Å². The molecule has 0 atom stereocenters. The molecule has 0 aliphatic heterocycles. The van der Waals surface area contributed by atoms with Crippen molar-refractivity contribution in [1.82, 2.24) is 14.6 Å². The Morgan fingerprint density at radius 3 is 2.81 bits per heavy atom. The van der Waals surface area contributed by atoms with Gasteiger partial charge in [0.2, 0.25) is 4.96 Å². The number of aryl methyl sites for hydroxylation is 2. The maximum atomic E-state index is 13.9. The lowest BCUT2D eigenvalue weighted by Crippen LogP contribution is -2.15. The zero-order chi connectivity index (χ0) is 19.1. The summed E-state index contributed by atoms with van der Waals surface area (Å²) in [5.41, 5.74) is 3.98. The number of amides is 1. The van der Waals surface area contributed by atoms with Gasteiger partial charge < -0.3 is 0 Å². The summed E-state index contributed by atoms with van der Waals surface area (Å²) in [6, 6.07) is 10.2. The van der Waals surface area contributed by atoms with E-state index >= 15 is 0 Å². The standard InChI is InChI=1S/C19H14ClFN4OS/c1-10-6-7-12(11(2)8-10)15-9-27-19-23-18(24-25(15)19)22-17(26)16-13(20)4-3-5-14(16)21/h3-9H,1-2H3,(H,22,24,26). The van der Waals surface area contributed by atoms with E-state index in [-0.39, 0.29) is 16.5 Å². The van der Waals surface area contributed by atoms with Crippen LogP contribution in [-0.4, -0.2) is 20.5 Å². The van der Waals surface area contributed by atoms with Crippen LogP contribution in [0.5, 0.6) is 0 Å². The maximum Gasteiger partial charge on any atom is 0.262 e. The Morgan fingerprint density at radius 2 is 2.07 bits per heavy atom. The summed E-state index contributed by atoms with van der Waals surface area (Å²) < 4.78 is 15.6. The van der Waals surface area contributed by atoms with Crippen molar-refractivity contribution >= 4 is 39.8 Å². The highest BCUT2D eigenvalue weighted by molar-refractivity contribution is 7.15. The second-order valence-corrected chi connectivity index (χ2v) is 7.36. The van der Waals surface area contributed by atoms with E-state index in [2.05, 4.69) is 21.5 Å². The highest BCUT2D eigenvalue weighted by atomic mass is 35.5. The predicted molar refractivity (Wildman–Crippen MR) is 105 cm³/mol. The summed E-state index contributed by atoms with van der Waals surface area (Å²) in [5, 5.41) is 8.87. The molecule has 1 N–H and O–H groups in total. The van der Waals surface area contributed by atoms with E-state index in [1.54, 1.807) is 4.52 Å². The molecule has 0 fully saturated rings. The number of carbonyl (C=O) groups excluding carboxylic acids is 1. The number of benzene rings is 2. The third kappa shape index (κ3) is 3.20. The number of halogens is 2. The summed E-state index contributed by atoms with van der Waals surface area (Å²) in [7, 11) is 0. The van der Waals surface area contributed by atoms with E-state index in [0.717, 1.165) is 16.8 Å². The van der Waals surface area contributed by atoms with Gasteiger partial charge in [-0.05, 0) is 31.5 Å². The smallest absolute Gasteiger partial charge is 0.262 e. The summed E-state index contributed by atoms with van der Waals surface area (Å²) >= 11 is 7.35. The molecule has 136 valence electrons. The monoisotopic (exact) mass is 400 g/mol. The van der Waals surface area contributed by atoms with E-state index in [9.17, 15) is 9.18 Å². The second-order valence-electron chi connectivity index (χ2n) is 6.12. The minimum atomic E-state index is -0.697. The van der Waals surface area contributed by atoms with Gasteiger partial charge in [-0.15, -0.1) is 16.4 Å². The van der Waals surface area contributed by atoms with Gasteiger partial charge in [-0.3, -0.25) is 10.1 Å². The fraction of sp³-hybridized carbons (Fsp3) is 0.105. The van der Waals surface area contributed by atoms with Crippen LogP contribution in [0.1, 0.15) is 21.5 Å². The highest BCUT2D eigenvalue weighted by Crippen LogP contribution is 2.29. The van der Waals surface area contributed by atoms with E-state index in [1.807, 2.05) is 31.4 Å². The SMILES string of the molecule is Cc1ccc(-c2csc3nc(NC(=O)c4c(F)cccc4Cl)nn23)c(C)c1. The average Bonchev–Trinajstić information content (AvgIpc) is 3.15. The quantitative estimate of drug-likeness (QED) is 0.519. The van der Waals surface area contributed by atoms with Crippen LogP contribution in [-0.2, 0) is 0 Å². The zero-order valence-electron chi connectivity index (χ0n) is 14.5. The molecule has 27 heavy (non-hydrogen) atoms. The molecule has 0 aliphatic rings. The number of hydrogen-bond acceptors (Lipinski definition) is 4. The lowest BCUT2D eigenvalue weighted by molar-refractivity contribution is 0.102. The van der Waals surface area contributed by atoms with Crippen LogP contribution in [0.4, 0.5) is 10.3 Å². The minimum absolute atomic E-state index is 0.0319. The molecule has 2 aromatic carbocycles. The number of aromatic nitrogens is 3. The first-order valence-electron chi connectivity index (χ1n) is 8.11. The Labute approximate surface area is 163 Å². The molecule has 0 unspecified atom stereocenters.